The molecule has 4 N–H and O–H groups in total. The van der Waals surface area contributed by atoms with Gasteiger partial charge in [-0.25, -0.2) is 4.79 Å². The first kappa shape index (κ1) is 12.8. The second kappa shape index (κ2) is 4.94. The summed E-state index contributed by atoms with van der Waals surface area (Å²) in [7, 11) is 1.31. The first-order chi connectivity index (χ1) is 9.06. The second-order valence-corrected chi connectivity index (χ2v) is 3.60. The van der Waals surface area contributed by atoms with Crippen molar-refractivity contribution in [2.45, 2.75) is 6.54 Å². The van der Waals surface area contributed by atoms with E-state index >= 15 is 0 Å². The van der Waals surface area contributed by atoms with Gasteiger partial charge in [0, 0.05) is 0 Å². The zero-order valence-corrected chi connectivity index (χ0v) is 9.95. The van der Waals surface area contributed by atoms with Gasteiger partial charge < -0.3 is 25.2 Å². The molecule has 0 fully saturated rings. The van der Waals surface area contributed by atoms with Gasteiger partial charge in [-0.3, -0.25) is 0 Å². The highest BCUT2D eigenvalue weighted by molar-refractivity contribution is 5.91. The lowest BCUT2D eigenvalue weighted by molar-refractivity contribution is 0.0696. The fourth-order valence-electron chi connectivity index (χ4n) is 1.50. The number of aromatic carboxylic acids is 1. The summed E-state index contributed by atoms with van der Waals surface area (Å²) >= 11 is 0. The predicted octanol–water partition coefficient (Wildman–Crippen LogP) is 0.608. The molecule has 0 saturated carbocycles. The van der Waals surface area contributed by atoms with Crippen LogP contribution in [0, 0.1) is 0 Å². The highest BCUT2D eigenvalue weighted by Gasteiger charge is 2.19. The summed E-state index contributed by atoms with van der Waals surface area (Å²) in [4.78, 5) is 14.9. The number of carboxylic acid groups (broad SMARTS) is 1. The zero-order valence-electron chi connectivity index (χ0n) is 9.95. The molecule has 0 unspecified atom stereocenters. The van der Waals surface area contributed by atoms with Gasteiger partial charge in [0.25, 0.3) is 0 Å². The van der Waals surface area contributed by atoms with Gasteiger partial charge in [-0.05, 0) is 12.1 Å². The largest absolute Gasteiger partial charge is 0.504 e. The molecule has 0 bridgehead atoms. The molecule has 8 nitrogen and oxygen atoms in total. The van der Waals surface area contributed by atoms with Crippen LogP contribution in [0.4, 0.5) is 0 Å². The van der Waals surface area contributed by atoms with E-state index in [9.17, 15) is 9.90 Å². The summed E-state index contributed by atoms with van der Waals surface area (Å²) in [6.45, 7) is 0.0452. The van der Waals surface area contributed by atoms with Gasteiger partial charge in [0.2, 0.25) is 11.7 Å². The monoisotopic (exact) mass is 265 g/mol. The first-order valence-corrected chi connectivity index (χ1v) is 5.24. The van der Waals surface area contributed by atoms with Crippen molar-refractivity contribution < 1.29 is 24.3 Å². The molecule has 0 saturated heterocycles. The van der Waals surface area contributed by atoms with Gasteiger partial charge in [-0.15, -0.1) is 0 Å². The smallest absolute Gasteiger partial charge is 0.335 e. The van der Waals surface area contributed by atoms with Crippen molar-refractivity contribution in [3.05, 3.63) is 23.6 Å². The van der Waals surface area contributed by atoms with Crippen LogP contribution in [0.3, 0.4) is 0 Å². The van der Waals surface area contributed by atoms with Gasteiger partial charge in [0.1, 0.15) is 0 Å². The van der Waals surface area contributed by atoms with Gasteiger partial charge in [-0.2, -0.15) is 4.98 Å². The molecule has 0 aliphatic rings. The van der Waals surface area contributed by atoms with Crippen molar-refractivity contribution >= 4 is 5.97 Å². The van der Waals surface area contributed by atoms with Gasteiger partial charge in [0.05, 0.1) is 24.8 Å². The maximum Gasteiger partial charge on any atom is 0.335 e. The van der Waals surface area contributed by atoms with E-state index < -0.39 is 5.97 Å². The summed E-state index contributed by atoms with van der Waals surface area (Å²) in [6.07, 6.45) is 0. The van der Waals surface area contributed by atoms with E-state index in [1.807, 2.05) is 0 Å². The van der Waals surface area contributed by atoms with Crippen molar-refractivity contribution in [1.82, 2.24) is 10.1 Å². The Balaban J connectivity index is 2.60. The predicted molar refractivity (Wildman–Crippen MR) is 62.8 cm³/mol. The van der Waals surface area contributed by atoms with Crippen LogP contribution in [0.15, 0.2) is 16.7 Å². The molecular formula is C11H11N3O5. The minimum atomic E-state index is -1.16. The molecule has 19 heavy (non-hydrogen) atoms. The Kier molecular flexibility index (Phi) is 3.34. The van der Waals surface area contributed by atoms with Gasteiger partial charge in [-0.1, -0.05) is 5.16 Å². The number of phenolic OH excluding ortho intramolecular Hbond substituents is 1. The van der Waals surface area contributed by atoms with Crippen LogP contribution in [-0.2, 0) is 6.54 Å². The molecule has 0 aliphatic heterocycles. The number of carbonyl (C=O) groups is 1. The number of methoxy groups -OCH3 is 1. The molecule has 100 valence electrons. The molecule has 2 rings (SSSR count). The Hall–Kier alpha value is -2.61. The lowest BCUT2D eigenvalue weighted by Crippen LogP contribution is -1.99. The quantitative estimate of drug-likeness (QED) is 0.732. The Morgan fingerprint density at radius 3 is 2.79 bits per heavy atom. The molecule has 0 amide bonds. The highest BCUT2D eigenvalue weighted by Crippen LogP contribution is 2.37. The molecular weight excluding hydrogens is 254 g/mol. The van der Waals surface area contributed by atoms with E-state index in [-0.39, 0.29) is 40.9 Å². The van der Waals surface area contributed by atoms with Crippen LogP contribution < -0.4 is 10.5 Å². The van der Waals surface area contributed by atoms with Crippen molar-refractivity contribution in [2.75, 3.05) is 7.11 Å². The van der Waals surface area contributed by atoms with E-state index in [4.69, 9.17) is 20.1 Å². The van der Waals surface area contributed by atoms with Gasteiger partial charge >= 0.3 is 5.97 Å². The van der Waals surface area contributed by atoms with E-state index in [0.717, 1.165) is 0 Å². The van der Waals surface area contributed by atoms with Crippen LogP contribution in [0.1, 0.15) is 16.2 Å². The van der Waals surface area contributed by atoms with E-state index in [2.05, 4.69) is 10.1 Å². The molecule has 0 spiro atoms. The fraction of sp³-hybridized carbons (Fsp3) is 0.182. The van der Waals surface area contributed by atoms with Gasteiger partial charge in [0.15, 0.2) is 11.5 Å². The molecule has 0 aliphatic carbocycles. The van der Waals surface area contributed by atoms with Crippen molar-refractivity contribution in [1.29, 1.82) is 0 Å². The van der Waals surface area contributed by atoms with Crippen LogP contribution in [0.5, 0.6) is 11.5 Å². The number of aromatic nitrogens is 2. The average molecular weight is 265 g/mol. The Bertz CT molecular complexity index is 623. The summed E-state index contributed by atoms with van der Waals surface area (Å²) in [5.74, 6) is -1.21. The number of ether oxygens (including phenoxy) is 1. The summed E-state index contributed by atoms with van der Waals surface area (Å²) in [5.41, 5.74) is 5.37. The SMILES string of the molecule is COc1cc(C(=O)O)cc(-c2noc(CN)n2)c1O. The standard InChI is InChI=1S/C11H11N3O5/c1-18-7-3-5(11(16)17)2-6(9(7)15)10-13-8(4-12)19-14-10/h2-3,15H,4,12H2,1H3,(H,16,17). The minimum Gasteiger partial charge on any atom is -0.504 e. The van der Waals surface area contributed by atoms with Crippen LogP contribution in [-0.4, -0.2) is 33.4 Å². The second-order valence-electron chi connectivity index (χ2n) is 3.60. The number of nitrogens with two attached hydrogens (primary N) is 1. The number of nitrogens with zero attached hydrogens (tertiary/aromatic N) is 2. The maximum absolute atomic E-state index is 11.0. The minimum absolute atomic E-state index is 0.00833. The number of rotatable bonds is 4. The number of aromatic hydroxyl groups is 1. The number of hydrogen-bond acceptors (Lipinski definition) is 7. The zero-order chi connectivity index (χ0) is 14.0. The molecule has 0 radical (unpaired) electrons. The van der Waals surface area contributed by atoms with Crippen LogP contribution in [0.25, 0.3) is 11.4 Å². The number of carboxylic acids is 1. The first-order valence-electron chi connectivity index (χ1n) is 5.24. The highest BCUT2D eigenvalue weighted by atomic mass is 16.5. The van der Waals surface area contributed by atoms with Crippen molar-refractivity contribution in [3.63, 3.8) is 0 Å². The normalized spacial score (nSPS) is 10.4. The van der Waals surface area contributed by atoms with E-state index in [0.29, 0.717) is 0 Å². The third-order valence-electron chi connectivity index (χ3n) is 2.43. The average Bonchev–Trinajstić information content (AvgIpc) is 2.87. The molecule has 1 heterocycles. The third kappa shape index (κ3) is 2.33. The van der Waals surface area contributed by atoms with Crippen molar-refractivity contribution in [3.8, 4) is 22.9 Å². The fourth-order valence-corrected chi connectivity index (χ4v) is 1.50. The molecule has 8 heteroatoms. The van der Waals surface area contributed by atoms with Crippen molar-refractivity contribution in [2.24, 2.45) is 5.73 Å². The number of phenols is 1. The van der Waals surface area contributed by atoms with Crippen LogP contribution >= 0.6 is 0 Å². The number of hydrogen-bond donors (Lipinski definition) is 3. The lowest BCUT2D eigenvalue weighted by Gasteiger charge is -2.07. The van der Waals surface area contributed by atoms with E-state index in [1.54, 1.807) is 0 Å². The number of benzene rings is 1. The molecule has 2 aromatic rings. The molecule has 0 atom stereocenters. The maximum atomic E-state index is 11.0. The summed E-state index contributed by atoms with van der Waals surface area (Å²) in [6, 6.07) is 2.43. The Labute approximate surface area is 107 Å². The topological polar surface area (TPSA) is 132 Å². The Morgan fingerprint density at radius 1 is 1.53 bits per heavy atom. The van der Waals surface area contributed by atoms with Crippen LogP contribution in [0.2, 0.25) is 0 Å². The Morgan fingerprint density at radius 2 is 2.26 bits per heavy atom. The lowest BCUT2D eigenvalue weighted by atomic mass is 10.1. The third-order valence-corrected chi connectivity index (χ3v) is 2.43. The summed E-state index contributed by atoms with van der Waals surface area (Å²) < 4.78 is 9.72. The molecule has 1 aromatic carbocycles. The summed E-state index contributed by atoms with van der Waals surface area (Å²) in [5, 5.41) is 22.6. The molecule has 1 aromatic heterocycles. The van der Waals surface area contributed by atoms with E-state index in [1.165, 1.54) is 19.2 Å².